The van der Waals surface area contributed by atoms with Crippen molar-refractivity contribution < 1.29 is 12.8 Å². The molecule has 1 saturated heterocycles. The largest absolute Gasteiger partial charge is 0.441 e. The summed E-state index contributed by atoms with van der Waals surface area (Å²) in [7, 11) is -3.47. The third kappa shape index (κ3) is 4.80. The quantitative estimate of drug-likeness (QED) is 0.546. The highest BCUT2D eigenvalue weighted by Crippen LogP contribution is 2.25. The molecule has 1 aliphatic rings. The lowest BCUT2D eigenvalue weighted by Crippen LogP contribution is -2.48. The zero-order valence-electron chi connectivity index (χ0n) is 19.2. The van der Waals surface area contributed by atoms with E-state index in [1.807, 2.05) is 43.3 Å². The van der Waals surface area contributed by atoms with Gasteiger partial charge in [-0.2, -0.15) is 4.31 Å². The first-order chi connectivity index (χ1) is 15.2. The average molecular weight is 454 g/mol. The minimum Gasteiger partial charge on any atom is -0.441 e. The zero-order valence-corrected chi connectivity index (χ0v) is 20.0. The first-order valence-corrected chi connectivity index (χ1v) is 12.5. The Kier molecular flexibility index (Phi) is 6.51. The van der Waals surface area contributed by atoms with Gasteiger partial charge in [-0.25, -0.2) is 13.4 Å². The van der Waals surface area contributed by atoms with Crippen LogP contribution < -0.4 is 0 Å². The van der Waals surface area contributed by atoms with E-state index < -0.39 is 10.0 Å². The fourth-order valence-electron chi connectivity index (χ4n) is 3.91. The maximum atomic E-state index is 13.1. The van der Waals surface area contributed by atoms with Gasteiger partial charge in [0, 0.05) is 38.3 Å². The molecule has 1 aliphatic heterocycles. The second-order valence-corrected chi connectivity index (χ2v) is 10.7. The monoisotopic (exact) mass is 453 g/mol. The van der Waals surface area contributed by atoms with Gasteiger partial charge in [-0.1, -0.05) is 43.7 Å². The van der Waals surface area contributed by atoms with Crippen LogP contribution in [-0.2, 0) is 16.6 Å². The van der Waals surface area contributed by atoms with Crippen molar-refractivity contribution in [3.63, 3.8) is 0 Å². The molecule has 0 atom stereocenters. The molecule has 0 spiro atoms. The number of benzene rings is 2. The minimum atomic E-state index is -3.47. The highest BCUT2D eigenvalue weighted by Gasteiger charge is 2.29. The van der Waals surface area contributed by atoms with Gasteiger partial charge in [0.2, 0.25) is 15.9 Å². The summed E-state index contributed by atoms with van der Waals surface area (Å²) < 4.78 is 33.6. The Morgan fingerprint density at radius 1 is 0.938 bits per heavy atom. The average Bonchev–Trinajstić information content (AvgIpc) is 3.14. The van der Waals surface area contributed by atoms with Crippen LogP contribution in [0.25, 0.3) is 11.5 Å². The summed E-state index contributed by atoms with van der Waals surface area (Å²) in [6, 6.07) is 15.4. The van der Waals surface area contributed by atoms with Gasteiger partial charge < -0.3 is 4.42 Å². The van der Waals surface area contributed by atoms with Crippen LogP contribution >= 0.6 is 0 Å². The Morgan fingerprint density at radius 2 is 1.56 bits per heavy atom. The van der Waals surface area contributed by atoms with Crippen molar-refractivity contribution in [1.29, 1.82) is 0 Å². The molecule has 6 nitrogen and oxygen atoms in total. The summed E-state index contributed by atoms with van der Waals surface area (Å²) in [5.41, 5.74) is 4.20. The summed E-state index contributed by atoms with van der Waals surface area (Å²) in [5, 5.41) is 0. The van der Waals surface area contributed by atoms with E-state index in [1.54, 1.807) is 16.4 Å². The minimum absolute atomic E-state index is 0.366. The van der Waals surface area contributed by atoms with E-state index in [2.05, 4.69) is 25.7 Å². The maximum absolute atomic E-state index is 13.1. The number of sulfonamides is 1. The van der Waals surface area contributed by atoms with Gasteiger partial charge in [-0.15, -0.1) is 0 Å². The summed E-state index contributed by atoms with van der Waals surface area (Å²) in [6.07, 6.45) is 0. The van der Waals surface area contributed by atoms with Crippen LogP contribution in [0.3, 0.4) is 0 Å². The predicted molar refractivity (Wildman–Crippen MR) is 126 cm³/mol. The van der Waals surface area contributed by atoms with Crippen LogP contribution in [0.2, 0.25) is 0 Å². The Labute approximate surface area is 190 Å². The number of piperazine rings is 1. The Morgan fingerprint density at radius 3 is 2.16 bits per heavy atom. The molecule has 1 fully saturated rings. The van der Waals surface area contributed by atoms with Gasteiger partial charge >= 0.3 is 0 Å². The van der Waals surface area contributed by atoms with Crippen LogP contribution in [0.4, 0.5) is 0 Å². The molecular weight excluding hydrogens is 422 g/mol. The fraction of sp³-hybridized carbons (Fsp3) is 0.400. The summed E-state index contributed by atoms with van der Waals surface area (Å²) in [4.78, 5) is 7.30. The predicted octanol–water partition coefficient (Wildman–Crippen LogP) is 4.59. The fourth-order valence-corrected chi connectivity index (χ4v) is 5.33. The van der Waals surface area contributed by atoms with Crippen LogP contribution in [0.15, 0.2) is 57.8 Å². The molecule has 3 aromatic rings. The van der Waals surface area contributed by atoms with Gasteiger partial charge in [0.25, 0.3) is 0 Å². The summed E-state index contributed by atoms with van der Waals surface area (Å²) >= 11 is 0. The van der Waals surface area contributed by atoms with E-state index in [1.165, 1.54) is 5.56 Å². The van der Waals surface area contributed by atoms with Crippen molar-refractivity contribution in [2.75, 3.05) is 26.2 Å². The SMILES string of the molecule is Cc1ccc(-c2nc(CN3CCN(S(=O)(=O)c4ccc(C(C)C)cc4)CC3)c(C)o2)cc1. The van der Waals surface area contributed by atoms with Crippen LogP contribution in [-0.4, -0.2) is 48.8 Å². The molecule has 0 radical (unpaired) electrons. The van der Waals surface area contributed by atoms with Crippen LogP contribution in [0.5, 0.6) is 0 Å². The lowest BCUT2D eigenvalue weighted by Gasteiger charge is -2.33. The molecule has 4 rings (SSSR count). The van der Waals surface area contributed by atoms with Crippen LogP contribution in [0.1, 0.15) is 42.3 Å². The number of rotatable bonds is 6. The highest BCUT2D eigenvalue weighted by atomic mass is 32.2. The number of nitrogens with zero attached hydrogens (tertiary/aromatic N) is 3. The first-order valence-electron chi connectivity index (χ1n) is 11.1. The van der Waals surface area contributed by atoms with Crippen molar-refractivity contribution in [3.8, 4) is 11.5 Å². The molecule has 7 heteroatoms. The van der Waals surface area contributed by atoms with Gasteiger partial charge in [0.05, 0.1) is 10.6 Å². The Hall–Kier alpha value is -2.48. The molecule has 2 heterocycles. The molecule has 0 aliphatic carbocycles. The molecule has 0 N–H and O–H groups in total. The maximum Gasteiger partial charge on any atom is 0.243 e. The van der Waals surface area contributed by atoms with Gasteiger partial charge in [-0.3, -0.25) is 4.90 Å². The van der Waals surface area contributed by atoms with Crippen LogP contribution in [0, 0.1) is 13.8 Å². The van der Waals surface area contributed by atoms with Gasteiger partial charge in [0.1, 0.15) is 5.76 Å². The molecule has 1 aromatic heterocycles. The number of aryl methyl sites for hydroxylation is 2. The Bertz CT molecular complexity index is 1160. The standard InChI is InChI=1S/C25H31N3O3S/c1-18(2)21-9-11-23(12-10-21)32(29,30)28-15-13-27(14-16-28)17-24-20(4)31-25(26-24)22-7-5-19(3)6-8-22/h5-12,18H,13-17H2,1-4H3. The van der Waals surface area contributed by atoms with E-state index in [0.717, 1.165) is 22.6 Å². The third-order valence-corrected chi connectivity index (χ3v) is 7.99. The lowest BCUT2D eigenvalue weighted by molar-refractivity contribution is 0.179. The third-order valence-electron chi connectivity index (χ3n) is 6.08. The highest BCUT2D eigenvalue weighted by molar-refractivity contribution is 7.89. The van der Waals surface area contributed by atoms with Crippen molar-refractivity contribution in [2.24, 2.45) is 0 Å². The molecule has 0 amide bonds. The molecule has 170 valence electrons. The molecule has 32 heavy (non-hydrogen) atoms. The normalized spacial score (nSPS) is 16.0. The summed E-state index contributed by atoms with van der Waals surface area (Å²) in [5.74, 6) is 1.81. The number of oxazole rings is 1. The van der Waals surface area contributed by atoms with Crippen molar-refractivity contribution >= 4 is 10.0 Å². The molecule has 0 bridgehead atoms. The van der Waals surface area contributed by atoms with E-state index >= 15 is 0 Å². The molecule has 0 saturated carbocycles. The first kappa shape index (κ1) is 22.7. The lowest BCUT2D eigenvalue weighted by atomic mass is 10.0. The van der Waals surface area contributed by atoms with Gasteiger partial charge in [-0.05, 0) is 49.6 Å². The van der Waals surface area contributed by atoms with Crippen molar-refractivity contribution in [2.45, 2.75) is 45.1 Å². The molecule has 2 aromatic carbocycles. The van der Waals surface area contributed by atoms with E-state index in [0.29, 0.717) is 49.4 Å². The number of hydrogen-bond donors (Lipinski definition) is 0. The van der Waals surface area contributed by atoms with E-state index in [-0.39, 0.29) is 0 Å². The molecule has 0 unspecified atom stereocenters. The topological polar surface area (TPSA) is 66.7 Å². The number of hydrogen-bond acceptors (Lipinski definition) is 5. The zero-order chi connectivity index (χ0) is 22.9. The van der Waals surface area contributed by atoms with Gasteiger partial charge in [0.15, 0.2) is 0 Å². The van der Waals surface area contributed by atoms with E-state index in [9.17, 15) is 8.42 Å². The molecular formula is C25H31N3O3S. The van der Waals surface area contributed by atoms with Crippen molar-refractivity contribution in [3.05, 3.63) is 71.1 Å². The second kappa shape index (κ2) is 9.17. The summed E-state index contributed by atoms with van der Waals surface area (Å²) in [6.45, 7) is 11.1. The smallest absolute Gasteiger partial charge is 0.243 e. The van der Waals surface area contributed by atoms with E-state index in [4.69, 9.17) is 9.40 Å². The van der Waals surface area contributed by atoms with Crippen molar-refractivity contribution in [1.82, 2.24) is 14.2 Å². The number of aromatic nitrogens is 1. The Balaban J connectivity index is 1.39. The second-order valence-electron chi connectivity index (χ2n) is 8.79.